The number of benzene rings is 1. The van der Waals surface area contributed by atoms with Crippen molar-refractivity contribution >= 4 is 41.0 Å². The highest BCUT2D eigenvalue weighted by Crippen LogP contribution is 1.98. The highest BCUT2D eigenvalue weighted by molar-refractivity contribution is 14.1. The number of rotatable bonds is 1. The molecule has 0 saturated heterocycles. The SMILES string of the molecule is INc1cccc2c1=CNNC=2. The van der Waals surface area contributed by atoms with Gasteiger partial charge in [0, 0.05) is 22.8 Å². The number of halogens is 1. The van der Waals surface area contributed by atoms with E-state index < -0.39 is 0 Å². The van der Waals surface area contributed by atoms with Gasteiger partial charge in [0.1, 0.15) is 0 Å². The number of fused-ring (bicyclic) bond motifs is 1. The maximum absolute atomic E-state index is 3.11. The van der Waals surface area contributed by atoms with Gasteiger partial charge in [0.05, 0.1) is 28.6 Å². The largest absolute Gasteiger partial charge is 0.328 e. The quantitative estimate of drug-likeness (QED) is 0.499. The van der Waals surface area contributed by atoms with Crippen LogP contribution in [0, 0.1) is 0 Å². The molecule has 0 unspecified atom stereocenters. The van der Waals surface area contributed by atoms with Crippen LogP contribution >= 0.6 is 22.9 Å². The smallest absolute Gasteiger partial charge is 0.0560 e. The van der Waals surface area contributed by atoms with Gasteiger partial charge in [0.25, 0.3) is 0 Å². The summed E-state index contributed by atoms with van der Waals surface area (Å²) in [5, 5.41) is 2.38. The molecule has 1 aliphatic heterocycles. The van der Waals surface area contributed by atoms with E-state index >= 15 is 0 Å². The molecule has 0 spiro atoms. The van der Waals surface area contributed by atoms with E-state index in [-0.39, 0.29) is 0 Å². The first kappa shape index (κ1) is 7.72. The molecule has 3 N–H and O–H groups in total. The topological polar surface area (TPSA) is 36.1 Å². The van der Waals surface area contributed by atoms with Crippen molar-refractivity contribution in [2.45, 2.75) is 0 Å². The maximum Gasteiger partial charge on any atom is 0.0560 e. The molecular weight excluding hydrogens is 265 g/mol. The molecular formula is C8H8IN3. The molecule has 0 aromatic heterocycles. The first-order chi connectivity index (χ1) is 5.92. The molecule has 0 saturated carbocycles. The van der Waals surface area contributed by atoms with Crippen molar-refractivity contribution in [1.29, 1.82) is 0 Å². The molecule has 1 aromatic rings. The minimum Gasteiger partial charge on any atom is -0.328 e. The van der Waals surface area contributed by atoms with Crippen LogP contribution in [0.4, 0.5) is 5.69 Å². The van der Waals surface area contributed by atoms with E-state index in [0.29, 0.717) is 0 Å². The van der Waals surface area contributed by atoms with Crippen LogP contribution in [0.25, 0.3) is 12.4 Å². The van der Waals surface area contributed by atoms with E-state index in [1.54, 1.807) is 0 Å². The average Bonchev–Trinajstić information content (AvgIpc) is 2.17. The number of hydrazine groups is 1. The Kier molecular flexibility index (Phi) is 2.07. The van der Waals surface area contributed by atoms with E-state index in [0.717, 1.165) is 5.69 Å². The number of anilines is 1. The summed E-state index contributed by atoms with van der Waals surface area (Å²) in [7, 11) is 0. The first-order valence-corrected chi connectivity index (χ1v) is 4.67. The Morgan fingerprint density at radius 3 is 2.83 bits per heavy atom. The predicted octanol–water partition coefficient (Wildman–Crippen LogP) is 0.0323. The van der Waals surface area contributed by atoms with Gasteiger partial charge in [-0.25, -0.2) is 0 Å². The van der Waals surface area contributed by atoms with Gasteiger partial charge in [-0.1, -0.05) is 12.1 Å². The number of nitrogens with one attached hydrogen (secondary N) is 3. The third-order valence-corrected chi connectivity index (χ3v) is 2.35. The molecule has 62 valence electrons. The Morgan fingerprint density at radius 1 is 1.17 bits per heavy atom. The minimum absolute atomic E-state index is 1.12. The molecule has 0 fully saturated rings. The van der Waals surface area contributed by atoms with E-state index in [2.05, 4.69) is 43.3 Å². The molecule has 12 heavy (non-hydrogen) atoms. The van der Waals surface area contributed by atoms with Crippen LogP contribution in [-0.2, 0) is 0 Å². The average molecular weight is 273 g/mol. The van der Waals surface area contributed by atoms with Crippen LogP contribution in [0.2, 0.25) is 0 Å². The Morgan fingerprint density at radius 2 is 2.00 bits per heavy atom. The lowest BCUT2D eigenvalue weighted by atomic mass is 10.2. The fourth-order valence-electron chi connectivity index (χ4n) is 1.19. The molecule has 1 aliphatic rings. The van der Waals surface area contributed by atoms with Gasteiger partial charge in [0.2, 0.25) is 0 Å². The molecule has 0 bridgehead atoms. The lowest BCUT2D eigenvalue weighted by Gasteiger charge is -2.07. The molecule has 0 atom stereocenters. The molecule has 1 heterocycles. The lowest BCUT2D eigenvalue weighted by Crippen LogP contribution is -2.39. The van der Waals surface area contributed by atoms with Crippen molar-refractivity contribution in [2.75, 3.05) is 3.53 Å². The summed E-state index contributed by atoms with van der Waals surface area (Å²) in [4.78, 5) is 0. The fourth-order valence-corrected chi connectivity index (χ4v) is 1.66. The van der Waals surface area contributed by atoms with Crippen molar-refractivity contribution in [3.63, 3.8) is 0 Å². The summed E-state index contributed by atoms with van der Waals surface area (Å²) in [5.74, 6) is 0. The highest BCUT2D eigenvalue weighted by Gasteiger charge is 1.95. The zero-order valence-electron chi connectivity index (χ0n) is 6.26. The fraction of sp³-hybridized carbons (Fsp3) is 0. The van der Waals surface area contributed by atoms with Crippen LogP contribution in [0.3, 0.4) is 0 Å². The van der Waals surface area contributed by atoms with E-state index in [1.165, 1.54) is 10.4 Å². The second-order valence-electron chi connectivity index (χ2n) is 2.48. The van der Waals surface area contributed by atoms with Gasteiger partial charge in [-0.15, -0.1) is 0 Å². The summed E-state index contributed by atoms with van der Waals surface area (Å²) in [6, 6.07) is 6.14. The highest BCUT2D eigenvalue weighted by atomic mass is 127. The summed E-state index contributed by atoms with van der Waals surface area (Å²) in [6.45, 7) is 0. The van der Waals surface area contributed by atoms with Crippen molar-refractivity contribution in [2.24, 2.45) is 0 Å². The third kappa shape index (κ3) is 1.22. The Hall–Kier alpha value is -0.910. The minimum atomic E-state index is 1.12. The number of hydrogen-bond acceptors (Lipinski definition) is 3. The van der Waals surface area contributed by atoms with Gasteiger partial charge in [-0.05, 0) is 6.07 Å². The second kappa shape index (κ2) is 3.22. The van der Waals surface area contributed by atoms with Crippen LogP contribution in [0.5, 0.6) is 0 Å². The molecule has 0 radical (unpaired) electrons. The molecule has 1 aromatic carbocycles. The van der Waals surface area contributed by atoms with Gasteiger partial charge in [0.15, 0.2) is 0 Å². The molecule has 0 aliphatic carbocycles. The van der Waals surface area contributed by atoms with Crippen molar-refractivity contribution < 1.29 is 0 Å². The Balaban J connectivity index is 2.77. The van der Waals surface area contributed by atoms with Crippen LogP contribution in [-0.4, -0.2) is 0 Å². The van der Waals surface area contributed by atoms with Gasteiger partial charge < -0.3 is 14.4 Å². The third-order valence-electron chi connectivity index (χ3n) is 1.77. The predicted molar refractivity (Wildman–Crippen MR) is 58.5 cm³/mol. The van der Waals surface area contributed by atoms with Gasteiger partial charge >= 0.3 is 0 Å². The maximum atomic E-state index is 3.11. The molecule has 3 nitrogen and oxygen atoms in total. The van der Waals surface area contributed by atoms with Crippen molar-refractivity contribution in [1.82, 2.24) is 10.9 Å². The molecule has 2 rings (SSSR count). The first-order valence-electron chi connectivity index (χ1n) is 3.59. The lowest BCUT2D eigenvalue weighted by molar-refractivity contribution is 0.844. The molecule has 4 heteroatoms. The van der Waals surface area contributed by atoms with Gasteiger partial charge in [-0.2, -0.15) is 0 Å². The molecule has 0 amide bonds. The Labute approximate surface area is 84.0 Å². The van der Waals surface area contributed by atoms with Crippen LogP contribution in [0.1, 0.15) is 0 Å². The van der Waals surface area contributed by atoms with Crippen LogP contribution < -0.4 is 24.8 Å². The van der Waals surface area contributed by atoms with Crippen molar-refractivity contribution in [3.8, 4) is 0 Å². The summed E-state index contributed by atoms with van der Waals surface area (Å²) in [5.41, 5.74) is 7.00. The summed E-state index contributed by atoms with van der Waals surface area (Å²) >= 11 is 2.13. The zero-order valence-corrected chi connectivity index (χ0v) is 8.42. The normalized spacial score (nSPS) is 12.8. The van der Waals surface area contributed by atoms with Gasteiger partial charge in [-0.3, -0.25) is 0 Å². The van der Waals surface area contributed by atoms with Crippen molar-refractivity contribution in [3.05, 3.63) is 28.6 Å². The Bertz CT molecular complexity index is 399. The second-order valence-corrected chi connectivity index (χ2v) is 3.02. The monoisotopic (exact) mass is 273 g/mol. The zero-order chi connectivity index (χ0) is 8.39. The summed E-state index contributed by atoms with van der Waals surface area (Å²) in [6.07, 6.45) is 3.88. The standard InChI is InChI=1S/C8H8IN3/c9-12-8-3-1-2-6-4-10-11-5-7(6)8/h1-5,10-12H. The van der Waals surface area contributed by atoms with E-state index in [1.807, 2.05) is 24.5 Å². The summed E-state index contributed by atoms with van der Waals surface area (Å²) < 4.78 is 3.11. The van der Waals surface area contributed by atoms with E-state index in [4.69, 9.17) is 0 Å². The van der Waals surface area contributed by atoms with Crippen LogP contribution in [0.15, 0.2) is 18.2 Å². The number of hydrogen-bond donors (Lipinski definition) is 3. The van der Waals surface area contributed by atoms with E-state index in [9.17, 15) is 0 Å².